The van der Waals surface area contributed by atoms with Crippen molar-refractivity contribution in [2.75, 3.05) is 5.32 Å². The number of urea groups is 1. The second kappa shape index (κ2) is 7.63. The summed E-state index contributed by atoms with van der Waals surface area (Å²) in [7, 11) is -3.43. The first-order valence-corrected chi connectivity index (χ1v) is 11.1. The Morgan fingerprint density at radius 2 is 2.04 bits per heavy atom. The van der Waals surface area contributed by atoms with Gasteiger partial charge in [0.05, 0.1) is 5.69 Å². The molecule has 152 valence electrons. The zero-order chi connectivity index (χ0) is 20.6. The summed E-state index contributed by atoms with van der Waals surface area (Å²) >= 11 is 0. The third-order valence-corrected chi connectivity index (χ3v) is 6.17. The fraction of sp³-hybridized carbons (Fsp3) is 0.526. The Kier molecular flexibility index (Phi) is 5.58. The van der Waals surface area contributed by atoms with Crippen LogP contribution in [-0.4, -0.2) is 25.0 Å². The zero-order valence-electron chi connectivity index (χ0n) is 17.0. The van der Waals surface area contributed by atoms with Crippen molar-refractivity contribution < 1.29 is 9.00 Å². The molecular formula is C19H28N6O2S. The van der Waals surface area contributed by atoms with Crippen LogP contribution in [0.5, 0.6) is 0 Å². The Balaban J connectivity index is 1.95. The van der Waals surface area contributed by atoms with Crippen molar-refractivity contribution in [3.8, 4) is 0 Å². The van der Waals surface area contributed by atoms with Gasteiger partial charge in [0.2, 0.25) is 0 Å². The number of nitrogens with one attached hydrogen (secondary N) is 1. The number of aryl methyl sites for hydroxylation is 1. The van der Waals surface area contributed by atoms with Gasteiger partial charge in [-0.2, -0.15) is 5.10 Å². The largest absolute Gasteiger partial charge is 0.354 e. The normalized spacial score (nSPS) is 15.6. The third-order valence-electron chi connectivity index (χ3n) is 4.92. The van der Waals surface area contributed by atoms with Gasteiger partial charge in [-0.15, -0.1) is 4.36 Å². The molecule has 2 aromatic heterocycles. The SMILES string of the molecule is Cc1c(C(C)C)nc2c(c1NC(=O)N=S(N)(=O)c1ccn(C(C)C)n1)CCC2. The van der Waals surface area contributed by atoms with Crippen LogP contribution in [0.15, 0.2) is 21.7 Å². The Hall–Kier alpha value is -2.26. The fourth-order valence-corrected chi connectivity index (χ4v) is 4.35. The van der Waals surface area contributed by atoms with Crippen molar-refractivity contribution in [3.05, 3.63) is 34.8 Å². The second-order valence-corrected chi connectivity index (χ2v) is 9.49. The molecule has 3 N–H and O–H groups in total. The van der Waals surface area contributed by atoms with Gasteiger partial charge >= 0.3 is 6.03 Å². The monoisotopic (exact) mass is 404 g/mol. The van der Waals surface area contributed by atoms with Gasteiger partial charge in [0.25, 0.3) is 0 Å². The molecule has 0 saturated carbocycles. The average molecular weight is 405 g/mol. The molecule has 28 heavy (non-hydrogen) atoms. The highest BCUT2D eigenvalue weighted by molar-refractivity contribution is 7.91. The molecule has 1 unspecified atom stereocenters. The highest BCUT2D eigenvalue weighted by Crippen LogP contribution is 2.34. The zero-order valence-corrected chi connectivity index (χ0v) is 17.8. The third kappa shape index (κ3) is 3.95. The maximum absolute atomic E-state index is 12.8. The summed E-state index contributed by atoms with van der Waals surface area (Å²) in [6, 6.07) is 0.893. The number of amides is 2. The van der Waals surface area contributed by atoms with E-state index in [2.05, 4.69) is 28.6 Å². The first-order chi connectivity index (χ1) is 13.1. The molecule has 2 heterocycles. The summed E-state index contributed by atoms with van der Waals surface area (Å²) in [5, 5.41) is 12.9. The molecule has 0 spiro atoms. The number of anilines is 1. The minimum absolute atomic E-state index is 0.0919. The number of nitrogens with two attached hydrogens (primary N) is 1. The van der Waals surface area contributed by atoms with Gasteiger partial charge in [-0.25, -0.2) is 14.1 Å². The van der Waals surface area contributed by atoms with Crippen molar-refractivity contribution in [3.63, 3.8) is 0 Å². The minimum Gasteiger partial charge on any atom is -0.305 e. The standard InChI is InChI=1S/C19H28N6O2S/c1-11(2)17-13(5)18(14-7-6-8-15(14)21-17)22-19(26)24-28(20,27)16-9-10-25(23-16)12(3)4/h9-12H,6-8H2,1-5H3,(H3,20,21,22,24,26,27). The van der Waals surface area contributed by atoms with Crippen LogP contribution in [0.2, 0.25) is 0 Å². The summed E-state index contributed by atoms with van der Waals surface area (Å²) < 4.78 is 18.2. The molecule has 2 amide bonds. The van der Waals surface area contributed by atoms with Crippen LogP contribution < -0.4 is 10.5 Å². The van der Waals surface area contributed by atoms with Gasteiger partial charge in [0.1, 0.15) is 0 Å². The molecule has 0 radical (unpaired) electrons. The van der Waals surface area contributed by atoms with E-state index in [1.54, 1.807) is 10.9 Å². The molecule has 0 fully saturated rings. The Bertz CT molecular complexity index is 1030. The summed E-state index contributed by atoms with van der Waals surface area (Å²) in [5.74, 6) is 0.234. The van der Waals surface area contributed by atoms with Crippen molar-refractivity contribution in [2.45, 2.75) is 70.9 Å². The van der Waals surface area contributed by atoms with Gasteiger partial charge in [-0.1, -0.05) is 13.8 Å². The maximum Gasteiger partial charge on any atom is 0.354 e. The number of rotatable bonds is 4. The number of carbonyl (C=O) groups is 1. The quantitative estimate of drug-likeness (QED) is 0.808. The van der Waals surface area contributed by atoms with Crippen LogP contribution in [0.25, 0.3) is 0 Å². The second-order valence-electron chi connectivity index (χ2n) is 7.75. The molecule has 3 rings (SSSR count). The van der Waals surface area contributed by atoms with E-state index < -0.39 is 15.9 Å². The first kappa shape index (κ1) is 20.5. The van der Waals surface area contributed by atoms with E-state index in [-0.39, 0.29) is 17.0 Å². The van der Waals surface area contributed by atoms with Crippen LogP contribution >= 0.6 is 0 Å². The topological polar surface area (TPSA) is 115 Å². The van der Waals surface area contributed by atoms with Gasteiger partial charge in [0, 0.05) is 23.6 Å². The molecule has 0 saturated heterocycles. The number of carbonyl (C=O) groups excluding carboxylic acids is 1. The minimum atomic E-state index is -3.43. The summed E-state index contributed by atoms with van der Waals surface area (Å²) in [4.78, 5) is 17.4. The number of fused-ring (bicyclic) bond motifs is 1. The van der Waals surface area contributed by atoms with E-state index >= 15 is 0 Å². The smallest absolute Gasteiger partial charge is 0.305 e. The van der Waals surface area contributed by atoms with E-state index in [1.807, 2.05) is 20.8 Å². The molecule has 0 aliphatic heterocycles. The summed E-state index contributed by atoms with van der Waals surface area (Å²) in [6.45, 7) is 9.98. The van der Waals surface area contributed by atoms with Gasteiger partial charge in [-0.05, 0) is 63.1 Å². The Labute approximate surface area is 166 Å². The lowest BCUT2D eigenvalue weighted by molar-refractivity contribution is 0.260. The van der Waals surface area contributed by atoms with E-state index in [0.29, 0.717) is 0 Å². The highest BCUT2D eigenvalue weighted by Gasteiger charge is 2.24. The number of nitrogens with zero attached hydrogens (tertiary/aromatic N) is 4. The molecule has 1 aliphatic carbocycles. The van der Waals surface area contributed by atoms with Crippen molar-refractivity contribution >= 4 is 21.6 Å². The van der Waals surface area contributed by atoms with Crippen molar-refractivity contribution in [1.29, 1.82) is 0 Å². The molecule has 9 heteroatoms. The Morgan fingerprint density at radius 1 is 1.32 bits per heavy atom. The highest BCUT2D eigenvalue weighted by atomic mass is 32.2. The van der Waals surface area contributed by atoms with Crippen LogP contribution in [0.4, 0.5) is 10.5 Å². The number of hydrogen-bond acceptors (Lipinski definition) is 4. The van der Waals surface area contributed by atoms with E-state index in [4.69, 9.17) is 10.1 Å². The molecule has 8 nitrogen and oxygen atoms in total. The first-order valence-electron chi connectivity index (χ1n) is 9.53. The van der Waals surface area contributed by atoms with Gasteiger partial charge < -0.3 is 5.32 Å². The molecule has 1 atom stereocenters. The predicted octanol–water partition coefficient (Wildman–Crippen LogP) is 3.71. The number of aromatic nitrogens is 3. The molecule has 2 aromatic rings. The summed E-state index contributed by atoms with van der Waals surface area (Å²) in [6.07, 6.45) is 4.43. The molecule has 0 bridgehead atoms. The molecule has 0 aromatic carbocycles. The molecular weight excluding hydrogens is 376 g/mol. The number of pyridine rings is 1. The lowest BCUT2D eigenvalue weighted by Crippen LogP contribution is -2.20. The van der Waals surface area contributed by atoms with Crippen LogP contribution in [0.1, 0.15) is 68.6 Å². The van der Waals surface area contributed by atoms with E-state index in [0.717, 1.165) is 47.5 Å². The van der Waals surface area contributed by atoms with Crippen molar-refractivity contribution in [2.24, 2.45) is 9.50 Å². The maximum atomic E-state index is 12.8. The predicted molar refractivity (Wildman–Crippen MR) is 110 cm³/mol. The summed E-state index contributed by atoms with van der Waals surface area (Å²) in [5.41, 5.74) is 4.67. The van der Waals surface area contributed by atoms with Gasteiger partial charge in [0.15, 0.2) is 14.9 Å². The van der Waals surface area contributed by atoms with E-state index in [1.165, 1.54) is 6.07 Å². The lowest BCUT2D eigenvalue weighted by Gasteiger charge is -2.17. The van der Waals surface area contributed by atoms with Gasteiger partial charge in [-0.3, -0.25) is 9.67 Å². The van der Waals surface area contributed by atoms with Crippen LogP contribution in [-0.2, 0) is 22.8 Å². The number of hydrogen-bond donors (Lipinski definition) is 2. The van der Waals surface area contributed by atoms with Crippen molar-refractivity contribution in [1.82, 2.24) is 14.8 Å². The fourth-order valence-electron chi connectivity index (χ4n) is 3.50. The average Bonchev–Trinajstić information content (AvgIpc) is 3.25. The Morgan fingerprint density at radius 3 is 2.64 bits per heavy atom. The lowest BCUT2D eigenvalue weighted by atomic mass is 9.99. The van der Waals surface area contributed by atoms with Crippen LogP contribution in [0.3, 0.4) is 0 Å². The van der Waals surface area contributed by atoms with E-state index in [9.17, 15) is 9.00 Å². The molecule has 1 aliphatic rings. The van der Waals surface area contributed by atoms with Crippen LogP contribution in [0, 0.1) is 6.92 Å².